The summed E-state index contributed by atoms with van der Waals surface area (Å²) >= 11 is 0. The molecular weight excluding hydrogens is 281 g/mol. The Morgan fingerprint density at radius 2 is 2.05 bits per heavy atom. The van der Waals surface area contributed by atoms with Gasteiger partial charge in [-0.2, -0.15) is 5.10 Å². The zero-order valence-corrected chi connectivity index (χ0v) is 12.7. The molecule has 5 heteroatoms. The summed E-state index contributed by atoms with van der Waals surface area (Å²) in [5.74, 6) is -0.702. The van der Waals surface area contributed by atoms with Gasteiger partial charge in [-0.05, 0) is 31.0 Å². The van der Waals surface area contributed by atoms with E-state index in [0.717, 1.165) is 31.4 Å². The Morgan fingerprint density at radius 3 is 2.77 bits per heavy atom. The maximum absolute atomic E-state index is 14.0. The molecular formula is C17H20FN3O. The predicted molar refractivity (Wildman–Crippen MR) is 81.9 cm³/mol. The second-order valence-corrected chi connectivity index (χ2v) is 5.76. The van der Waals surface area contributed by atoms with Crippen LogP contribution in [0.4, 0.5) is 4.39 Å². The van der Waals surface area contributed by atoms with Crippen molar-refractivity contribution >= 4 is 5.91 Å². The van der Waals surface area contributed by atoms with Crippen LogP contribution in [0.25, 0.3) is 0 Å². The van der Waals surface area contributed by atoms with Gasteiger partial charge in [0.25, 0.3) is 5.91 Å². The Labute approximate surface area is 129 Å². The molecule has 2 heterocycles. The van der Waals surface area contributed by atoms with E-state index in [1.165, 1.54) is 6.07 Å². The quantitative estimate of drug-likeness (QED) is 0.853. The molecule has 116 valence electrons. The summed E-state index contributed by atoms with van der Waals surface area (Å²) < 4.78 is 15.7. The standard InChI is InChI=1S/C17H20FN3O/c1-20-12-10-15(19-20)16-9-3-2-6-11-21(16)17(22)13-7-4-5-8-14(13)18/h4-5,7-8,10,12,16H,2-3,6,9,11H2,1H3/t16-/m0/s1. The van der Waals surface area contributed by atoms with Crippen molar-refractivity contribution in [2.45, 2.75) is 31.7 Å². The summed E-state index contributed by atoms with van der Waals surface area (Å²) in [6, 6.07) is 8.06. The third-order valence-corrected chi connectivity index (χ3v) is 4.19. The fraction of sp³-hybridized carbons (Fsp3) is 0.412. The van der Waals surface area contributed by atoms with Gasteiger partial charge in [0.15, 0.2) is 0 Å². The number of carbonyl (C=O) groups excluding carboxylic acids is 1. The molecule has 1 aromatic carbocycles. The van der Waals surface area contributed by atoms with Gasteiger partial charge in [0.2, 0.25) is 0 Å². The maximum atomic E-state index is 14.0. The molecule has 1 fully saturated rings. The van der Waals surface area contributed by atoms with Gasteiger partial charge in [0.1, 0.15) is 5.82 Å². The lowest BCUT2D eigenvalue weighted by molar-refractivity contribution is 0.0671. The maximum Gasteiger partial charge on any atom is 0.257 e. The Morgan fingerprint density at radius 1 is 1.23 bits per heavy atom. The van der Waals surface area contributed by atoms with Crippen molar-refractivity contribution < 1.29 is 9.18 Å². The lowest BCUT2D eigenvalue weighted by atomic mass is 10.1. The first kappa shape index (κ1) is 14.8. The van der Waals surface area contributed by atoms with Crippen molar-refractivity contribution in [1.29, 1.82) is 0 Å². The fourth-order valence-corrected chi connectivity index (χ4v) is 3.06. The number of nitrogens with zero attached hydrogens (tertiary/aromatic N) is 3. The molecule has 1 amide bonds. The number of aromatic nitrogens is 2. The largest absolute Gasteiger partial charge is 0.330 e. The lowest BCUT2D eigenvalue weighted by Gasteiger charge is -2.29. The van der Waals surface area contributed by atoms with Crippen LogP contribution in [-0.2, 0) is 7.05 Å². The van der Waals surface area contributed by atoms with Crippen LogP contribution in [0.3, 0.4) is 0 Å². The average Bonchev–Trinajstić information content (AvgIpc) is 2.80. The summed E-state index contributed by atoms with van der Waals surface area (Å²) in [5.41, 5.74) is 1.03. The number of halogens is 1. The van der Waals surface area contributed by atoms with Crippen LogP contribution >= 0.6 is 0 Å². The number of likely N-dealkylation sites (tertiary alicyclic amines) is 1. The van der Waals surface area contributed by atoms with E-state index in [0.29, 0.717) is 6.54 Å². The normalized spacial score (nSPS) is 19.0. The molecule has 3 rings (SSSR count). The molecule has 0 saturated carbocycles. The highest BCUT2D eigenvalue weighted by molar-refractivity contribution is 5.94. The number of rotatable bonds is 2. The van der Waals surface area contributed by atoms with Gasteiger partial charge in [-0.1, -0.05) is 25.0 Å². The summed E-state index contributed by atoms with van der Waals surface area (Å²) in [4.78, 5) is 14.6. The van der Waals surface area contributed by atoms with E-state index >= 15 is 0 Å². The predicted octanol–water partition coefficient (Wildman–Crippen LogP) is 3.32. The number of hydrogen-bond donors (Lipinski definition) is 0. The number of hydrogen-bond acceptors (Lipinski definition) is 2. The third-order valence-electron chi connectivity index (χ3n) is 4.19. The van der Waals surface area contributed by atoms with Crippen LogP contribution in [0.5, 0.6) is 0 Å². The van der Waals surface area contributed by atoms with Crippen LogP contribution in [0.2, 0.25) is 0 Å². The summed E-state index contributed by atoms with van der Waals surface area (Å²) in [6.45, 7) is 0.647. The number of carbonyl (C=O) groups is 1. The summed E-state index contributed by atoms with van der Waals surface area (Å²) in [7, 11) is 1.86. The number of amides is 1. The van der Waals surface area contributed by atoms with Gasteiger partial charge in [-0.25, -0.2) is 4.39 Å². The van der Waals surface area contributed by atoms with Gasteiger partial charge >= 0.3 is 0 Å². The molecule has 4 nitrogen and oxygen atoms in total. The van der Waals surface area contributed by atoms with E-state index in [4.69, 9.17) is 0 Å². The van der Waals surface area contributed by atoms with Gasteiger partial charge in [0, 0.05) is 19.8 Å². The molecule has 1 aromatic heterocycles. The van der Waals surface area contributed by atoms with Crippen molar-refractivity contribution in [2.75, 3.05) is 6.54 Å². The highest BCUT2D eigenvalue weighted by Crippen LogP contribution is 2.30. The molecule has 0 aliphatic carbocycles. The first-order chi connectivity index (χ1) is 10.7. The highest BCUT2D eigenvalue weighted by Gasteiger charge is 2.30. The Hall–Kier alpha value is -2.17. The van der Waals surface area contributed by atoms with Crippen LogP contribution in [0.1, 0.15) is 47.8 Å². The zero-order valence-electron chi connectivity index (χ0n) is 12.7. The zero-order chi connectivity index (χ0) is 15.5. The molecule has 1 saturated heterocycles. The van der Waals surface area contributed by atoms with Gasteiger partial charge in [0.05, 0.1) is 17.3 Å². The van der Waals surface area contributed by atoms with Crippen LogP contribution in [-0.4, -0.2) is 27.1 Å². The van der Waals surface area contributed by atoms with Crippen molar-refractivity contribution in [3.8, 4) is 0 Å². The SMILES string of the molecule is Cn1ccc([C@@H]2CCCCCN2C(=O)c2ccccc2F)n1. The van der Waals surface area contributed by atoms with Crippen LogP contribution < -0.4 is 0 Å². The molecule has 1 aliphatic heterocycles. The van der Waals surface area contributed by atoms with Crippen LogP contribution in [0, 0.1) is 5.82 Å². The molecule has 2 aromatic rings. The molecule has 0 N–H and O–H groups in total. The second-order valence-electron chi connectivity index (χ2n) is 5.76. The smallest absolute Gasteiger partial charge is 0.257 e. The van der Waals surface area contributed by atoms with E-state index in [1.807, 2.05) is 19.3 Å². The minimum absolute atomic E-state index is 0.0733. The fourth-order valence-electron chi connectivity index (χ4n) is 3.06. The van der Waals surface area contributed by atoms with Crippen molar-refractivity contribution in [1.82, 2.24) is 14.7 Å². The second kappa shape index (κ2) is 6.30. The molecule has 0 bridgehead atoms. The van der Waals surface area contributed by atoms with Gasteiger partial charge in [-0.3, -0.25) is 9.48 Å². The molecule has 0 radical (unpaired) electrons. The van der Waals surface area contributed by atoms with Gasteiger partial charge < -0.3 is 4.90 Å². The van der Waals surface area contributed by atoms with Crippen molar-refractivity contribution in [2.24, 2.45) is 7.05 Å². The minimum atomic E-state index is -0.462. The van der Waals surface area contributed by atoms with E-state index in [2.05, 4.69) is 5.10 Å². The van der Waals surface area contributed by atoms with Crippen molar-refractivity contribution in [3.05, 3.63) is 53.6 Å². The molecule has 1 aliphatic rings. The summed E-state index contributed by atoms with van der Waals surface area (Å²) in [6.07, 6.45) is 5.85. The first-order valence-electron chi connectivity index (χ1n) is 7.72. The number of benzene rings is 1. The summed E-state index contributed by atoms with van der Waals surface area (Å²) in [5, 5.41) is 4.45. The third kappa shape index (κ3) is 2.89. The Kier molecular flexibility index (Phi) is 4.22. The molecule has 22 heavy (non-hydrogen) atoms. The molecule has 0 spiro atoms. The van der Waals surface area contributed by atoms with E-state index in [-0.39, 0.29) is 17.5 Å². The van der Waals surface area contributed by atoms with E-state index in [9.17, 15) is 9.18 Å². The lowest BCUT2D eigenvalue weighted by Crippen LogP contribution is -2.35. The minimum Gasteiger partial charge on any atom is -0.330 e. The molecule has 1 atom stereocenters. The molecule has 0 unspecified atom stereocenters. The van der Waals surface area contributed by atoms with Gasteiger partial charge in [-0.15, -0.1) is 0 Å². The topological polar surface area (TPSA) is 38.1 Å². The average molecular weight is 301 g/mol. The first-order valence-corrected chi connectivity index (χ1v) is 7.72. The van der Waals surface area contributed by atoms with Crippen molar-refractivity contribution in [3.63, 3.8) is 0 Å². The highest BCUT2D eigenvalue weighted by atomic mass is 19.1. The Balaban J connectivity index is 1.94. The Bertz CT molecular complexity index is 667. The van der Waals surface area contributed by atoms with Crippen LogP contribution in [0.15, 0.2) is 36.5 Å². The van der Waals surface area contributed by atoms with E-state index in [1.54, 1.807) is 27.8 Å². The van der Waals surface area contributed by atoms with E-state index < -0.39 is 5.82 Å². The number of aryl methyl sites for hydroxylation is 1. The monoisotopic (exact) mass is 301 g/mol.